The first kappa shape index (κ1) is 20.6. The van der Waals surface area contributed by atoms with E-state index in [0.29, 0.717) is 22.5 Å². The van der Waals surface area contributed by atoms with E-state index in [1.165, 1.54) is 5.56 Å². The molecule has 2 N–H and O–H groups in total. The highest BCUT2D eigenvalue weighted by Crippen LogP contribution is 2.32. The summed E-state index contributed by atoms with van der Waals surface area (Å²) in [7, 11) is 0. The molecule has 0 fully saturated rings. The molecule has 30 heavy (non-hydrogen) atoms. The Hall–Kier alpha value is -2.69. The molecule has 0 aliphatic carbocycles. The van der Waals surface area contributed by atoms with Crippen LogP contribution in [0.25, 0.3) is 16.7 Å². The van der Waals surface area contributed by atoms with Crippen molar-refractivity contribution >= 4 is 40.2 Å². The molecule has 4 aromatic rings. The molecule has 0 aliphatic rings. The minimum atomic E-state index is 0.122. The van der Waals surface area contributed by atoms with E-state index in [2.05, 4.69) is 50.4 Å². The highest BCUT2D eigenvalue weighted by atomic mass is 35.5. The summed E-state index contributed by atoms with van der Waals surface area (Å²) in [5.74, 6) is 0.881. The maximum Gasteiger partial charge on any atom is 0.208 e. The average molecular weight is 440 g/mol. The summed E-state index contributed by atoms with van der Waals surface area (Å²) >= 11 is 12.5. The van der Waals surface area contributed by atoms with Crippen LogP contribution >= 0.6 is 23.2 Å². The largest absolute Gasteiger partial charge is 0.508 e. The number of rotatable bonds is 4. The molecule has 154 valence electrons. The number of fused-ring (bicyclic) bond motifs is 1. The van der Waals surface area contributed by atoms with Crippen molar-refractivity contribution in [2.75, 3.05) is 5.32 Å². The highest BCUT2D eigenvalue weighted by Gasteiger charge is 2.16. The zero-order chi connectivity index (χ0) is 21.5. The van der Waals surface area contributed by atoms with Gasteiger partial charge in [-0.3, -0.25) is 4.57 Å². The molecule has 4 nitrogen and oxygen atoms in total. The zero-order valence-electron chi connectivity index (χ0n) is 17.1. The second kappa shape index (κ2) is 7.86. The summed E-state index contributed by atoms with van der Waals surface area (Å²) < 4.78 is 1.97. The number of phenolic OH excluding ortho intramolecular Hbond substituents is 1. The van der Waals surface area contributed by atoms with Crippen LogP contribution in [0.5, 0.6) is 5.75 Å². The van der Waals surface area contributed by atoms with E-state index >= 15 is 0 Å². The lowest BCUT2D eigenvalue weighted by Gasteiger charge is -2.19. The number of nitrogens with zero attached hydrogens (tertiary/aromatic N) is 2. The van der Waals surface area contributed by atoms with Crippen molar-refractivity contribution < 1.29 is 5.11 Å². The van der Waals surface area contributed by atoms with E-state index in [-0.39, 0.29) is 11.2 Å². The standard InChI is InChI=1S/C24H23Cl2N3O/c1-24(2,3)16-6-4-15(5-7-16)14-27-23-28-21-12-19(25)20(26)13-22(21)29(23)17-8-10-18(30)11-9-17/h4-13,30H,14H2,1-3H3,(H,27,28). The van der Waals surface area contributed by atoms with Gasteiger partial charge in [-0.2, -0.15) is 0 Å². The van der Waals surface area contributed by atoms with Gasteiger partial charge in [0.1, 0.15) is 5.75 Å². The third-order valence-electron chi connectivity index (χ3n) is 5.08. The number of benzene rings is 3. The van der Waals surface area contributed by atoms with E-state index in [4.69, 9.17) is 28.2 Å². The van der Waals surface area contributed by atoms with Crippen molar-refractivity contribution in [1.82, 2.24) is 9.55 Å². The fraction of sp³-hybridized carbons (Fsp3) is 0.208. The molecule has 6 heteroatoms. The quantitative estimate of drug-likeness (QED) is 0.361. The van der Waals surface area contributed by atoms with Gasteiger partial charge in [0, 0.05) is 12.2 Å². The van der Waals surface area contributed by atoms with Gasteiger partial charge in [0.2, 0.25) is 5.95 Å². The number of aromatic hydroxyl groups is 1. The first-order valence-corrected chi connectivity index (χ1v) is 10.5. The molecule has 0 spiro atoms. The van der Waals surface area contributed by atoms with Crippen LogP contribution in [-0.2, 0) is 12.0 Å². The highest BCUT2D eigenvalue weighted by molar-refractivity contribution is 6.42. The van der Waals surface area contributed by atoms with Crippen LogP contribution in [0.15, 0.2) is 60.7 Å². The summed E-state index contributed by atoms with van der Waals surface area (Å²) in [6.07, 6.45) is 0. The van der Waals surface area contributed by atoms with Crippen molar-refractivity contribution in [3.05, 3.63) is 81.8 Å². The lowest BCUT2D eigenvalue weighted by Crippen LogP contribution is -2.11. The lowest BCUT2D eigenvalue weighted by molar-refractivity contribution is 0.475. The SMILES string of the molecule is CC(C)(C)c1ccc(CNc2nc3cc(Cl)c(Cl)cc3n2-c2ccc(O)cc2)cc1. The predicted molar refractivity (Wildman–Crippen MR) is 125 cm³/mol. The molecule has 0 aliphatic heterocycles. The molecule has 4 rings (SSSR count). The molecule has 0 saturated carbocycles. The van der Waals surface area contributed by atoms with Crippen molar-refractivity contribution in [3.63, 3.8) is 0 Å². The maximum absolute atomic E-state index is 9.67. The zero-order valence-corrected chi connectivity index (χ0v) is 18.6. The minimum absolute atomic E-state index is 0.122. The molecule has 0 unspecified atom stereocenters. The Labute approximate surface area is 186 Å². The normalized spacial score (nSPS) is 11.8. The van der Waals surface area contributed by atoms with Gasteiger partial charge in [-0.25, -0.2) is 4.98 Å². The van der Waals surface area contributed by atoms with Crippen LogP contribution in [0.1, 0.15) is 31.9 Å². The van der Waals surface area contributed by atoms with Gasteiger partial charge in [-0.15, -0.1) is 0 Å². The smallest absolute Gasteiger partial charge is 0.208 e. The van der Waals surface area contributed by atoms with Crippen LogP contribution in [0.4, 0.5) is 5.95 Å². The third-order valence-corrected chi connectivity index (χ3v) is 5.80. The molecule has 3 aromatic carbocycles. The van der Waals surface area contributed by atoms with Gasteiger partial charge in [0.25, 0.3) is 0 Å². The predicted octanol–water partition coefficient (Wildman–Crippen LogP) is 6.95. The number of halogens is 2. The topological polar surface area (TPSA) is 50.1 Å². The van der Waals surface area contributed by atoms with E-state index in [1.807, 2.05) is 22.8 Å². The number of imidazole rings is 1. The molecule has 0 saturated heterocycles. The Morgan fingerprint density at radius 1 is 0.933 bits per heavy atom. The summed E-state index contributed by atoms with van der Waals surface area (Å²) in [4.78, 5) is 4.73. The summed E-state index contributed by atoms with van der Waals surface area (Å²) in [6, 6.07) is 19.1. The van der Waals surface area contributed by atoms with Gasteiger partial charge in [-0.1, -0.05) is 68.2 Å². The second-order valence-corrected chi connectivity index (χ2v) is 9.16. The van der Waals surface area contributed by atoms with Crippen molar-refractivity contribution in [2.45, 2.75) is 32.7 Å². The molecule has 1 heterocycles. The van der Waals surface area contributed by atoms with E-state index < -0.39 is 0 Å². The van der Waals surface area contributed by atoms with Gasteiger partial charge in [0.15, 0.2) is 0 Å². The Morgan fingerprint density at radius 3 is 2.20 bits per heavy atom. The Kier molecular flexibility index (Phi) is 5.39. The van der Waals surface area contributed by atoms with Crippen LogP contribution < -0.4 is 5.32 Å². The van der Waals surface area contributed by atoms with Crippen molar-refractivity contribution in [2.24, 2.45) is 0 Å². The number of anilines is 1. The van der Waals surface area contributed by atoms with E-state index in [1.54, 1.807) is 18.2 Å². The van der Waals surface area contributed by atoms with Crippen LogP contribution in [-0.4, -0.2) is 14.7 Å². The van der Waals surface area contributed by atoms with Gasteiger partial charge < -0.3 is 10.4 Å². The summed E-state index contributed by atoms with van der Waals surface area (Å²) in [5, 5.41) is 14.0. The Balaban J connectivity index is 1.71. The number of hydrogen-bond acceptors (Lipinski definition) is 3. The number of nitrogens with one attached hydrogen (secondary N) is 1. The molecule has 0 atom stereocenters. The van der Waals surface area contributed by atoms with Crippen LogP contribution in [0.3, 0.4) is 0 Å². The molecule has 0 amide bonds. The van der Waals surface area contributed by atoms with E-state index in [0.717, 1.165) is 22.3 Å². The average Bonchev–Trinajstić information content (AvgIpc) is 3.04. The summed E-state index contributed by atoms with van der Waals surface area (Å²) in [5.41, 5.74) is 5.01. The lowest BCUT2D eigenvalue weighted by atomic mass is 9.87. The van der Waals surface area contributed by atoms with Crippen LogP contribution in [0, 0.1) is 0 Å². The van der Waals surface area contributed by atoms with Gasteiger partial charge in [0.05, 0.1) is 21.1 Å². The van der Waals surface area contributed by atoms with E-state index in [9.17, 15) is 5.11 Å². The molecule has 0 bridgehead atoms. The first-order chi connectivity index (χ1) is 14.2. The Morgan fingerprint density at radius 2 is 1.57 bits per heavy atom. The monoisotopic (exact) mass is 439 g/mol. The molecule has 1 aromatic heterocycles. The minimum Gasteiger partial charge on any atom is -0.508 e. The van der Waals surface area contributed by atoms with Crippen molar-refractivity contribution in [1.29, 1.82) is 0 Å². The first-order valence-electron chi connectivity index (χ1n) is 9.72. The number of hydrogen-bond donors (Lipinski definition) is 2. The second-order valence-electron chi connectivity index (χ2n) is 8.34. The molecular weight excluding hydrogens is 417 g/mol. The molecular formula is C24H23Cl2N3O. The van der Waals surface area contributed by atoms with Gasteiger partial charge >= 0.3 is 0 Å². The third kappa shape index (κ3) is 4.11. The number of phenols is 1. The van der Waals surface area contributed by atoms with Crippen molar-refractivity contribution in [3.8, 4) is 11.4 Å². The maximum atomic E-state index is 9.67. The fourth-order valence-electron chi connectivity index (χ4n) is 3.36. The summed E-state index contributed by atoms with van der Waals surface area (Å²) in [6.45, 7) is 7.23. The van der Waals surface area contributed by atoms with Crippen LogP contribution in [0.2, 0.25) is 10.0 Å². The number of aromatic nitrogens is 2. The van der Waals surface area contributed by atoms with Gasteiger partial charge in [-0.05, 0) is 52.9 Å². The Bertz CT molecular complexity index is 1190. The molecule has 0 radical (unpaired) electrons. The fourth-order valence-corrected chi connectivity index (χ4v) is 3.67.